The van der Waals surface area contributed by atoms with E-state index in [0.29, 0.717) is 29.1 Å². The van der Waals surface area contributed by atoms with E-state index in [1.165, 1.54) is 0 Å². The quantitative estimate of drug-likeness (QED) is 0.683. The van der Waals surface area contributed by atoms with Gasteiger partial charge in [-0.05, 0) is 43.0 Å². The topological polar surface area (TPSA) is 79.8 Å². The van der Waals surface area contributed by atoms with Crippen molar-refractivity contribution in [2.75, 3.05) is 38.8 Å². The molecule has 1 atom stereocenters. The molecule has 0 bridgehead atoms. The van der Waals surface area contributed by atoms with Crippen molar-refractivity contribution in [2.24, 2.45) is 11.8 Å². The van der Waals surface area contributed by atoms with Crippen LogP contribution in [-0.4, -0.2) is 65.8 Å². The van der Waals surface area contributed by atoms with Crippen LogP contribution in [-0.2, 0) is 4.79 Å². The number of anilines is 1. The first-order chi connectivity index (χ1) is 14.9. The summed E-state index contributed by atoms with van der Waals surface area (Å²) in [5.41, 5.74) is 0.823. The summed E-state index contributed by atoms with van der Waals surface area (Å²) in [4.78, 5) is 25.7. The molecule has 0 saturated carbocycles. The van der Waals surface area contributed by atoms with Gasteiger partial charge in [0, 0.05) is 31.1 Å². The maximum absolute atomic E-state index is 12.7. The Bertz CT molecular complexity index is 991. The molecule has 31 heavy (non-hydrogen) atoms. The van der Waals surface area contributed by atoms with Crippen molar-refractivity contribution >= 4 is 40.0 Å². The van der Waals surface area contributed by atoms with E-state index in [-0.39, 0.29) is 17.9 Å². The number of aromatic nitrogens is 2. The average Bonchev–Trinajstić information content (AvgIpc) is 3.06. The third kappa shape index (κ3) is 4.11. The lowest BCUT2D eigenvalue weighted by Crippen LogP contribution is -2.41. The van der Waals surface area contributed by atoms with Gasteiger partial charge in [0.1, 0.15) is 18.2 Å². The summed E-state index contributed by atoms with van der Waals surface area (Å²) in [6, 6.07) is 3.62. The number of rotatable bonds is 6. The van der Waals surface area contributed by atoms with Gasteiger partial charge in [-0.2, -0.15) is 0 Å². The van der Waals surface area contributed by atoms with Gasteiger partial charge in [-0.25, -0.2) is 9.97 Å². The van der Waals surface area contributed by atoms with E-state index >= 15 is 0 Å². The maximum Gasteiger partial charge on any atom is 0.251 e. The number of fused-ring (bicyclic) bond motifs is 1. The van der Waals surface area contributed by atoms with Gasteiger partial charge in [-0.3, -0.25) is 9.69 Å². The summed E-state index contributed by atoms with van der Waals surface area (Å²) in [6.07, 6.45) is 3.53. The van der Waals surface area contributed by atoms with Crippen molar-refractivity contribution in [3.8, 4) is 11.5 Å². The zero-order valence-electron chi connectivity index (χ0n) is 18.4. The molecule has 0 spiro atoms. The second-order valence-electron chi connectivity index (χ2n) is 8.47. The predicted molar refractivity (Wildman–Crippen MR) is 124 cm³/mol. The summed E-state index contributed by atoms with van der Waals surface area (Å²) in [5.74, 6) is 2.95. The monoisotopic (exact) mass is 443 g/mol. The predicted octanol–water partition coefficient (Wildman–Crippen LogP) is 2.60. The first kappa shape index (κ1) is 21.5. The summed E-state index contributed by atoms with van der Waals surface area (Å²) in [7, 11) is 3.24. The molecule has 2 aromatic rings. The lowest BCUT2D eigenvalue weighted by atomic mass is 9.95. The van der Waals surface area contributed by atoms with E-state index in [2.05, 4.69) is 20.2 Å². The summed E-state index contributed by atoms with van der Waals surface area (Å²) >= 11 is 5.42. The Hall–Kier alpha value is -2.68. The van der Waals surface area contributed by atoms with Crippen molar-refractivity contribution in [3.05, 3.63) is 18.5 Å². The highest BCUT2D eigenvalue weighted by molar-refractivity contribution is 7.80. The fraction of sp³-hybridized carbons (Fsp3) is 0.545. The molecule has 1 aromatic carbocycles. The fourth-order valence-corrected chi connectivity index (χ4v) is 4.66. The normalized spacial score (nSPS) is 20.0. The Kier molecular flexibility index (Phi) is 6.13. The van der Waals surface area contributed by atoms with Crippen LogP contribution in [0, 0.1) is 11.8 Å². The highest BCUT2D eigenvalue weighted by atomic mass is 32.1. The Labute approximate surface area is 187 Å². The van der Waals surface area contributed by atoms with Gasteiger partial charge in [0.15, 0.2) is 16.6 Å². The number of thiocarbonyl (C=S) groups is 1. The van der Waals surface area contributed by atoms with Crippen molar-refractivity contribution in [2.45, 2.75) is 32.7 Å². The van der Waals surface area contributed by atoms with Crippen molar-refractivity contribution in [1.29, 1.82) is 0 Å². The van der Waals surface area contributed by atoms with Crippen LogP contribution >= 0.6 is 12.2 Å². The second-order valence-corrected chi connectivity index (χ2v) is 8.86. The van der Waals surface area contributed by atoms with Crippen molar-refractivity contribution in [3.63, 3.8) is 0 Å². The van der Waals surface area contributed by atoms with E-state index in [4.69, 9.17) is 21.7 Å². The van der Waals surface area contributed by atoms with Gasteiger partial charge in [-0.1, -0.05) is 13.8 Å². The number of hydrogen-bond donors (Lipinski definition) is 1. The molecule has 9 heteroatoms. The van der Waals surface area contributed by atoms with Crippen LogP contribution in [0.1, 0.15) is 26.7 Å². The highest BCUT2D eigenvalue weighted by Gasteiger charge is 2.38. The molecule has 8 nitrogen and oxygen atoms in total. The number of carbonyl (C=O) groups excluding carboxylic acids is 1. The number of carbonyl (C=O) groups is 1. The number of nitrogens with zero attached hydrogens (tertiary/aromatic N) is 4. The van der Waals surface area contributed by atoms with Crippen LogP contribution in [0.15, 0.2) is 18.5 Å². The number of piperidine rings is 1. The van der Waals surface area contributed by atoms with Gasteiger partial charge in [-0.15, -0.1) is 0 Å². The lowest BCUT2D eigenvalue weighted by Gasteiger charge is -2.34. The highest BCUT2D eigenvalue weighted by Crippen LogP contribution is 2.35. The standard InChI is InChI=1S/C22H29N5O3S/c1-13(2)19-21(28)27(22(31)25-19)11-14-5-7-26(8-6-14)20-15-9-17(29-3)18(30-4)10-16(15)23-12-24-20/h9-10,12-14,19H,5-8,11H2,1-4H3,(H,25,31). The van der Waals surface area contributed by atoms with E-state index in [1.54, 1.807) is 25.4 Å². The minimum atomic E-state index is -0.202. The second kappa shape index (κ2) is 8.82. The third-order valence-electron chi connectivity index (χ3n) is 6.20. The van der Waals surface area contributed by atoms with Gasteiger partial charge in [0.05, 0.1) is 19.7 Å². The molecule has 1 N–H and O–H groups in total. The molecule has 2 aliphatic rings. The number of amides is 1. The van der Waals surface area contributed by atoms with Crippen LogP contribution in [0.25, 0.3) is 10.9 Å². The summed E-state index contributed by atoms with van der Waals surface area (Å²) in [5, 5.41) is 4.68. The van der Waals surface area contributed by atoms with Crippen molar-refractivity contribution < 1.29 is 14.3 Å². The first-order valence-corrected chi connectivity index (χ1v) is 11.1. The Morgan fingerprint density at radius 1 is 1.16 bits per heavy atom. The molecule has 166 valence electrons. The van der Waals surface area contributed by atoms with Crippen molar-refractivity contribution in [1.82, 2.24) is 20.2 Å². The molecule has 1 amide bonds. The van der Waals surface area contributed by atoms with E-state index < -0.39 is 0 Å². The number of methoxy groups -OCH3 is 2. The summed E-state index contributed by atoms with van der Waals surface area (Å²) < 4.78 is 10.9. The molecule has 0 aliphatic carbocycles. The van der Waals surface area contributed by atoms with Gasteiger partial charge < -0.3 is 19.7 Å². The molecular formula is C22H29N5O3S. The molecule has 0 radical (unpaired) electrons. The molecule has 1 aromatic heterocycles. The first-order valence-electron chi connectivity index (χ1n) is 10.7. The number of nitrogens with one attached hydrogen (secondary N) is 1. The molecule has 4 rings (SSSR count). The van der Waals surface area contributed by atoms with Gasteiger partial charge in [0.25, 0.3) is 5.91 Å². The van der Waals surface area contributed by atoms with Crippen LogP contribution in [0.5, 0.6) is 11.5 Å². The lowest BCUT2D eigenvalue weighted by molar-refractivity contribution is -0.128. The summed E-state index contributed by atoms with van der Waals surface area (Å²) in [6.45, 7) is 6.48. The Morgan fingerprint density at radius 3 is 2.45 bits per heavy atom. The molecule has 1 unspecified atom stereocenters. The van der Waals surface area contributed by atoms with Crippen LogP contribution in [0.3, 0.4) is 0 Å². The van der Waals surface area contributed by atoms with Crippen LogP contribution < -0.4 is 19.7 Å². The van der Waals surface area contributed by atoms with E-state index in [9.17, 15) is 4.79 Å². The maximum atomic E-state index is 12.7. The molecule has 2 aliphatic heterocycles. The van der Waals surface area contributed by atoms with Gasteiger partial charge >= 0.3 is 0 Å². The van der Waals surface area contributed by atoms with Crippen LogP contribution in [0.2, 0.25) is 0 Å². The SMILES string of the molecule is COc1cc2ncnc(N3CCC(CN4C(=O)C(C(C)C)NC4=S)CC3)c2cc1OC. The average molecular weight is 444 g/mol. The number of benzene rings is 1. The fourth-order valence-electron chi connectivity index (χ4n) is 4.37. The number of hydrogen-bond acceptors (Lipinski definition) is 7. The third-order valence-corrected chi connectivity index (χ3v) is 6.54. The molecule has 2 fully saturated rings. The molecule has 2 saturated heterocycles. The Balaban J connectivity index is 1.46. The molecular weight excluding hydrogens is 414 g/mol. The van der Waals surface area contributed by atoms with Crippen LogP contribution in [0.4, 0.5) is 5.82 Å². The minimum absolute atomic E-state index is 0.102. The zero-order valence-corrected chi connectivity index (χ0v) is 19.2. The minimum Gasteiger partial charge on any atom is -0.493 e. The number of ether oxygens (including phenoxy) is 2. The van der Waals surface area contributed by atoms with E-state index in [0.717, 1.165) is 42.7 Å². The van der Waals surface area contributed by atoms with E-state index in [1.807, 2.05) is 26.0 Å². The Morgan fingerprint density at radius 2 is 1.84 bits per heavy atom. The zero-order chi connectivity index (χ0) is 22.1. The van der Waals surface area contributed by atoms with Gasteiger partial charge in [0.2, 0.25) is 0 Å². The smallest absolute Gasteiger partial charge is 0.251 e. The largest absolute Gasteiger partial charge is 0.493 e. The molecule has 3 heterocycles.